The van der Waals surface area contributed by atoms with Crippen LogP contribution in [-0.2, 0) is 11.0 Å². The lowest BCUT2D eigenvalue weighted by atomic mass is 10.0. The van der Waals surface area contributed by atoms with Crippen LogP contribution in [0.1, 0.15) is 31.2 Å². The van der Waals surface area contributed by atoms with E-state index in [-0.39, 0.29) is 17.6 Å². The highest BCUT2D eigenvalue weighted by Gasteiger charge is 2.42. The van der Waals surface area contributed by atoms with Crippen LogP contribution >= 0.6 is 0 Å². The van der Waals surface area contributed by atoms with Crippen molar-refractivity contribution in [3.05, 3.63) is 23.9 Å². The Morgan fingerprint density at radius 2 is 1.84 bits per heavy atom. The second-order valence-corrected chi connectivity index (χ2v) is 7.50. The summed E-state index contributed by atoms with van der Waals surface area (Å²) in [5.41, 5.74) is -0.723. The van der Waals surface area contributed by atoms with Gasteiger partial charge in [-0.3, -0.25) is 4.79 Å². The number of amides is 1. The van der Waals surface area contributed by atoms with Crippen LogP contribution < -0.4 is 4.90 Å². The molecule has 4 rings (SSSR count). The average Bonchev–Trinajstić information content (AvgIpc) is 3.29. The van der Waals surface area contributed by atoms with Gasteiger partial charge in [-0.25, -0.2) is 4.98 Å². The summed E-state index contributed by atoms with van der Waals surface area (Å²) in [6, 6.07) is 2.35. The first-order valence-electron chi connectivity index (χ1n) is 8.99. The lowest BCUT2D eigenvalue weighted by Crippen LogP contribution is -2.36. The van der Waals surface area contributed by atoms with Crippen LogP contribution in [0, 0.1) is 17.8 Å². The number of alkyl halides is 3. The molecule has 1 amide bonds. The fraction of sp³-hybridized carbons (Fsp3) is 0.667. The molecule has 3 heterocycles. The van der Waals surface area contributed by atoms with Gasteiger partial charge >= 0.3 is 6.18 Å². The normalized spacial score (nSPS) is 29.3. The Kier molecular flexibility index (Phi) is 4.12. The van der Waals surface area contributed by atoms with Gasteiger partial charge in [0.15, 0.2) is 0 Å². The van der Waals surface area contributed by atoms with Crippen molar-refractivity contribution in [2.45, 2.75) is 31.9 Å². The van der Waals surface area contributed by atoms with Crippen molar-refractivity contribution in [1.82, 2.24) is 9.88 Å². The molecule has 1 saturated carbocycles. The molecule has 2 aliphatic heterocycles. The molecule has 0 aromatic carbocycles. The predicted octanol–water partition coefficient (Wildman–Crippen LogP) is 3.19. The van der Waals surface area contributed by atoms with E-state index in [1.807, 2.05) is 4.90 Å². The maximum atomic E-state index is 13.2. The highest BCUT2D eigenvalue weighted by molar-refractivity contribution is 5.80. The van der Waals surface area contributed by atoms with E-state index in [4.69, 9.17) is 0 Å². The van der Waals surface area contributed by atoms with Crippen LogP contribution in [0.5, 0.6) is 0 Å². The summed E-state index contributed by atoms with van der Waals surface area (Å²) in [4.78, 5) is 20.3. The fourth-order valence-corrected chi connectivity index (χ4v) is 4.70. The minimum Gasteiger partial charge on any atom is -0.355 e. The molecule has 7 heteroatoms. The number of pyridine rings is 1. The summed E-state index contributed by atoms with van der Waals surface area (Å²) in [6.45, 7) is 2.43. The lowest BCUT2D eigenvalue weighted by molar-refractivity contribution is -0.137. The Balaban J connectivity index is 1.45. The Hall–Kier alpha value is -1.79. The predicted molar refractivity (Wildman–Crippen MR) is 87.0 cm³/mol. The highest BCUT2D eigenvalue weighted by atomic mass is 19.4. The van der Waals surface area contributed by atoms with Crippen molar-refractivity contribution in [1.29, 1.82) is 0 Å². The summed E-state index contributed by atoms with van der Waals surface area (Å²) in [7, 11) is 0. The summed E-state index contributed by atoms with van der Waals surface area (Å²) < 4.78 is 39.6. The van der Waals surface area contributed by atoms with Crippen LogP contribution in [0.4, 0.5) is 19.0 Å². The molecule has 3 aliphatic rings. The molecule has 3 unspecified atom stereocenters. The Morgan fingerprint density at radius 3 is 2.52 bits per heavy atom. The van der Waals surface area contributed by atoms with E-state index in [1.165, 1.54) is 31.5 Å². The second kappa shape index (κ2) is 6.18. The third-order valence-corrected chi connectivity index (χ3v) is 5.97. The molecule has 0 spiro atoms. The van der Waals surface area contributed by atoms with Crippen molar-refractivity contribution in [3.63, 3.8) is 0 Å². The third kappa shape index (κ3) is 3.09. The number of nitrogens with zero attached hydrogens (tertiary/aromatic N) is 3. The standard InChI is InChI=1S/C18H22F3N3O/c19-18(20,21)15-5-2-7-22-16(15)23-8-6-14(11-23)17(25)24-9-12-3-1-4-13(12)10-24/h2,5,7,12-14H,1,3-4,6,8-11H2. The van der Waals surface area contributed by atoms with E-state index in [9.17, 15) is 18.0 Å². The van der Waals surface area contributed by atoms with E-state index in [0.717, 1.165) is 19.2 Å². The van der Waals surface area contributed by atoms with Crippen molar-refractivity contribution < 1.29 is 18.0 Å². The quantitative estimate of drug-likeness (QED) is 0.819. The first kappa shape index (κ1) is 16.7. The van der Waals surface area contributed by atoms with Crippen molar-refractivity contribution in [2.24, 2.45) is 17.8 Å². The molecule has 4 nitrogen and oxygen atoms in total. The van der Waals surface area contributed by atoms with Gasteiger partial charge in [0.1, 0.15) is 5.82 Å². The van der Waals surface area contributed by atoms with Crippen LogP contribution in [-0.4, -0.2) is 42.0 Å². The van der Waals surface area contributed by atoms with Gasteiger partial charge in [-0.05, 0) is 43.2 Å². The molecule has 3 atom stereocenters. The zero-order chi connectivity index (χ0) is 17.6. The van der Waals surface area contributed by atoms with E-state index in [0.29, 0.717) is 31.3 Å². The summed E-state index contributed by atoms with van der Waals surface area (Å²) >= 11 is 0. The topological polar surface area (TPSA) is 36.4 Å². The van der Waals surface area contributed by atoms with Crippen molar-refractivity contribution >= 4 is 11.7 Å². The molecule has 1 aromatic rings. The minimum atomic E-state index is -4.43. The number of anilines is 1. The second-order valence-electron chi connectivity index (χ2n) is 7.50. The van der Waals surface area contributed by atoms with Gasteiger partial charge in [0, 0.05) is 32.4 Å². The van der Waals surface area contributed by atoms with Crippen molar-refractivity contribution in [3.8, 4) is 0 Å². The molecule has 136 valence electrons. The lowest BCUT2D eigenvalue weighted by Gasteiger charge is -2.23. The van der Waals surface area contributed by atoms with Crippen LogP contribution in [0.2, 0.25) is 0 Å². The molecule has 0 N–H and O–H groups in total. The molecule has 2 saturated heterocycles. The summed E-state index contributed by atoms with van der Waals surface area (Å²) in [6.07, 6.45) is 1.20. The van der Waals surface area contributed by atoms with Crippen molar-refractivity contribution in [2.75, 3.05) is 31.1 Å². The van der Waals surface area contributed by atoms with Crippen LogP contribution in [0.15, 0.2) is 18.3 Å². The number of fused-ring (bicyclic) bond motifs is 1. The smallest absolute Gasteiger partial charge is 0.355 e. The number of carbonyl (C=O) groups is 1. The van der Waals surface area contributed by atoms with Gasteiger partial charge in [0.25, 0.3) is 0 Å². The first-order valence-corrected chi connectivity index (χ1v) is 8.99. The SMILES string of the molecule is O=C(C1CCN(c2ncccc2C(F)(F)F)C1)N1CC2CCCC2C1. The fourth-order valence-electron chi connectivity index (χ4n) is 4.70. The zero-order valence-corrected chi connectivity index (χ0v) is 14.0. The number of rotatable bonds is 2. The van der Waals surface area contributed by atoms with Gasteiger partial charge in [0.05, 0.1) is 11.5 Å². The van der Waals surface area contributed by atoms with Gasteiger partial charge in [-0.2, -0.15) is 13.2 Å². The Labute approximate surface area is 145 Å². The van der Waals surface area contributed by atoms with E-state index in [1.54, 1.807) is 4.90 Å². The molecular weight excluding hydrogens is 331 g/mol. The molecule has 1 aromatic heterocycles. The maximum absolute atomic E-state index is 13.2. The Bertz CT molecular complexity index is 651. The van der Waals surface area contributed by atoms with Gasteiger partial charge in [-0.1, -0.05) is 6.42 Å². The summed E-state index contributed by atoms with van der Waals surface area (Å²) in [5.74, 6) is 1.11. The van der Waals surface area contributed by atoms with Crippen LogP contribution in [0.25, 0.3) is 0 Å². The van der Waals surface area contributed by atoms with E-state index in [2.05, 4.69) is 4.98 Å². The van der Waals surface area contributed by atoms with Gasteiger partial charge in [-0.15, -0.1) is 0 Å². The van der Waals surface area contributed by atoms with Gasteiger partial charge < -0.3 is 9.80 Å². The Morgan fingerprint density at radius 1 is 1.12 bits per heavy atom. The molecular formula is C18H22F3N3O. The highest BCUT2D eigenvalue weighted by Crippen LogP contribution is 2.40. The van der Waals surface area contributed by atoms with Gasteiger partial charge in [0.2, 0.25) is 5.91 Å². The first-order chi connectivity index (χ1) is 11.9. The zero-order valence-electron chi connectivity index (χ0n) is 14.0. The summed E-state index contributed by atoms with van der Waals surface area (Å²) in [5, 5.41) is 0. The monoisotopic (exact) mass is 353 g/mol. The number of aromatic nitrogens is 1. The molecule has 0 bridgehead atoms. The number of likely N-dealkylation sites (tertiary alicyclic amines) is 1. The number of hydrogen-bond donors (Lipinski definition) is 0. The molecule has 25 heavy (non-hydrogen) atoms. The number of halogens is 3. The van der Waals surface area contributed by atoms with E-state index < -0.39 is 11.7 Å². The third-order valence-electron chi connectivity index (χ3n) is 5.97. The average molecular weight is 353 g/mol. The largest absolute Gasteiger partial charge is 0.419 e. The minimum absolute atomic E-state index is 0.0522. The number of hydrogen-bond acceptors (Lipinski definition) is 3. The molecule has 1 aliphatic carbocycles. The molecule has 0 radical (unpaired) electrons. The van der Waals surface area contributed by atoms with E-state index >= 15 is 0 Å². The maximum Gasteiger partial charge on any atom is 0.419 e. The molecule has 3 fully saturated rings. The number of carbonyl (C=O) groups excluding carboxylic acids is 1. The van der Waals surface area contributed by atoms with Crippen LogP contribution in [0.3, 0.4) is 0 Å².